The van der Waals surface area contributed by atoms with Gasteiger partial charge in [-0.05, 0) is 43.0 Å². The maximum Gasteiger partial charge on any atom is 0.248 e. The third-order valence-electron chi connectivity index (χ3n) is 5.64. The Morgan fingerprint density at radius 3 is 2.45 bits per heavy atom. The lowest BCUT2D eigenvalue weighted by molar-refractivity contribution is -0.141. The van der Waals surface area contributed by atoms with Crippen LogP contribution >= 0.6 is 0 Å². The Morgan fingerprint density at radius 2 is 1.81 bits per heavy atom. The van der Waals surface area contributed by atoms with Crippen molar-refractivity contribution in [3.8, 4) is 0 Å². The Hall–Kier alpha value is -3.15. The summed E-state index contributed by atoms with van der Waals surface area (Å²) < 4.78 is 0. The van der Waals surface area contributed by atoms with Crippen LogP contribution in [0.4, 0.5) is 5.69 Å². The Morgan fingerprint density at radius 1 is 1.06 bits per heavy atom. The molecule has 1 aliphatic rings. The summed E-state index contributed by atoms with van der Waals surface area (Å²) in [5.74, 6) is -0.620. The molecule has 0 radical (unpaired) electrons. The highest BCUT2D eigenvalue weighted by atomic mass is 16.2. The van der Waals surface area contributed by atoms with Gasteiger partial charge in [-0.3, -0.25) is 19.3 Å². The van der Waals surface area contributed by atoms with Gasteiger partial charge in [0.2, 0.25) is 17.7 Å². The number of anilines is 1. The first-order valence-electron chi connectivity index (χ1n) is 10.9. The van der Waals surface area contributed by atoms with Gasteiger partial charge in [-0.15, -0.1) is 0 Å². The molecule has 0 aromatic heterocycles. The number of amides is 3. The van der Waals surface area contributed by atoms with Gasteiger partial charge in [0.05, 0.1) is 12.5 Å². The monoisotopic (exact) mass is 421 g/mol. The lowest BCUT2D eigenvalue weighted by atomic mass is 9.95. The van der Waals surface area contributed by atoms with Crippen LogP contribution in [0.5, 0.6) is 0 Å². The van der Waals surface area contributed by atoms with Crippen LogP contribution in [0.2, 0.25) is 0 Å². The molecule has 0 saturated carbocycles. The van der Waals surface area contributed by atoms with Gasteiger partial charge in [0, 0.05) is 12.2 Å². The molecule has 1 heterocycles. The summed E-state index contributed by atoms with van der Waals surface area (Å²) in [6.45, 7) is 6.70. The Balaban J connectivity index is 1.70. The highest BCUT2D eigenvalue weighted by Crippen LogP contribution is 2.23. The minimum atomic E-state index is -0.274. The molecule has 31 heavy (non-hydrogen) atoms. The van der Waals surface area contributed by atoms with E-state index in [0.717, 1.165) is 23.2 Å². The fraction of sp³-hybridized carbons (Fsp3) is 0.400. The van der Waals surface area contributed by atoms with Crippen molar-refractivity contribution >= 4 is 23.4 Å². The summed E-state index contributed by atoms with van der Waals surface area (Å²) >= 11 is 0. The molecule has 1 atom stereocenters. The highest BCUT2D eigenvalue weighted by molar-refractivity contribution is 6.00. The van der Waals surface area contributed by atoms with Crippen LogP contribution in [-0.4, -0.2) is 53.8 Å². The van der Waals surface area contributed by atoms with E-state index in [1.165, 1.54) is 4.90 Å². The number of hydrogen-bond acceptors (Lipinski definition) is 3. The second-order valence-electron chi connectivity index (χ2n) is 8.03. The second kappa shape index (κ2) is 10.2. The minimum absolute atomic E-state index is 0.00898. The summed E-state index contributed by atoms with van der Waals surface area (Å²) in [7, 11) is 0. The molecular weight excluding hydrogens is 390 g/mol. The SMILES string of the molecule is CCCN(CC(=O)N1CC(=O)N(c2cccc(C)c2)C1)C(=O)[C@@H](CC)c1ccccc1. The highest BCUT2D eigenvalue weighted by Gasteiger charge is 2.34. The fourth-order valence-corrected chi connectivity index (χ4v) is 4.00. The maximum atomic E-state index is 13.3. The molecule has 1 fully saturated rings. The first-order chi connectivity index (χ1) is 14.9. The lowest BCUT2D eigenvalue weighted by Crippen LogP contribution is -2.44. The van der Waals surface area contributed by atoms with Crippen molar-refractivity contribution in [3.05, 3.63) is 65.7 Å². The van der Waals surface area contributed by atoms with Crippen LogP contribution in [0.15, 0.2) is 54.6 Å². The van der Waals surface area contributed by atoms with Gasteiger partial charge >= 0.3 is 0 Å². The summed E-state index contributed by atoms with van der Waals surface area (Å²) in [5, 5.41) is 0. The molecule has 0 spiro atoms. The van der Waals surface area contributed by atoms with E-state index in [2.05, 4.69) is 0 Å². The normalized spacial score (nSPS) is 14.6. The average molecular weight is 422 g/mol. The third-order valence-corrected chi connectivity index (χ3v) is 5.64. The summed E-state index contributed by atoms with van der Waals surface area (Å²) in [6, 6.07) is 17.4. The molecule has 3 rings (SSSR count). The van der Waals surface area contributed by atoms with Crippen molar-refractivity contribution in [1.29, 1.82) is 0 Å². The molecule has 164 valence electrons. The molecule has 2 aromatic rings. The number of nitrogens with zero attached hydrogens (tertiary/aromatic N) is 3. The van der Waals surface area contributed by atoms with E-state index in [1.807, 2.05) is 75.4 Å². The van der Waals surface area contributed by atoms with Crippen LogP contribution in [0.25, 0.3) is 0 Å². The number of benzene rings is 2. The van der Waals surface area contributed by atoms with E-state index in [-0.39, 0.29) is 43.4 Å². The topological polar surface area (TPSA) is 60.9 Å². The average Bonchev–Trinajstić information content (AvgIpc) is 3.16. The van der Waals surface area contributed by atoms with Crippen molar-refractivity contribution in [2.24, 2.45) is 0 Å². The van der Waals surface area contributed by atoms with Gasteiger partial charge in [-0.1, -0.05) is 56.3 Å². The summed E-state index contributed by atoms with van der Waals surface area (Å²) in [4.78, 5) is 43.6. The zero-order valence-corrected chi connectivity index (χ0v) is 18.6. The van der Waals surface area contributed by atoms with E-state index >= 15 is 0 Å². The fourth-order valence-electron chi connectivity index (χ4n) is 4.00. The Bertz CT molecular complexity index is 929. The third kappa shape index (κ3) is 5.32. The van der Waals surface area contributed by atoms with Crippen molar-refractivity contribution in [3.63, 3.8) is 0 Å². The van der Waals surface area contributed by atoms with Gasteiger partial charge in [-0.25, -0.2) is 0 Å². The van der Waals surface area contributed by atoms with Crippen molar-refractivity contribution in [2.45, 2.75) is 39.5 Å². The van der Waals surface area contributed by atoms with Gasteiger partial charge in [0.25, 0.3) is 0 Å². The molecule has 0 bridgehead atoms. The second-order valence-corrected chi connectivity index (χ2v) is 8.03. The van der Waals surface area contributed by atoms with Crippen molar-refractivity contribution < 1.29 is 14.4 Å². The maximum absolute atomic E-state index is 13.3. The molecule has 3 amide bonds. The van der Waals surface area contributed by atoms with Crippen molar-refractivity contribution in [1.82, 2.24) is 9.80 Å². The first-order valence-corrected chi connectivity index (χ1v) is 10.9. The van der Waals surface area contributed by atoms with E-state index in [1.54, 1.807) is 9.80 Å². The molecule has 6 heteroatoms. The predicted octanol–water partition coefficient (Wildman–Crippen LogP) is 3.56. The molecular formula is C25H31N3O3. The quantitative estimate of drug-likeness (QED) is 0.655. The number of aryl methyl sites for hydroxylation is 1. The molecule has 1 saturated heterocycles. The predicted molar refractivity (Wildman–Crippen MR) is 122 cm³/mol. The zero-order chi connectivity index (χ0) is 22.4. The van der Waals surface area contributed by atoms with Crippen LogP contribution in [0.1, 0.15) is 43.7 Å². The van der Waals surface area contributed by atoms with Crippen LogP contribution in [0, 0.1) is 6.92 Å². The van der Waals surface area contributed by atoms with Crippen LogP contribution in [0.3, 0.4) is 0 Å². The zero-order valence-electron chi connectivity index (χ0n) is 18.6. The minimum Gasteiger partial charge on any atom is -0.333 e. The molecule has 2 aromatic carbocycles. The molecule has 0 N–H and O–H groups in total. The van der Waals surface area contributed by atoms with Gasteiger partial charge in [0.15, 0.2) is 0 Å². The Labute approximate surface area is 184 Å². The molecule has 1 aliphatic heterocycles. The van der Waals surface area contributed by atoms with E-state index in [0.29, 0.717) is 13.0 Å². The van der Waals surface area contributed by atoms with Crippen LogP contribution < -0.4 is 4.90 Å². The number of hydrogen-bond donors (Lipinski definition) is 0. The van der Waals surface area contributed by atoms with Gasteiger partial charge < -0.3 is 9.80 Å². The molecule has 0 aliphatic carbocycles. The smallest absolute Gasteiger partial charge is 0.248 e. The molecule has 6 nitrogen and oxygen atoms in total. The molecule has 0 unspecified atom stereocenters. The number of carbonyl (C=O) groups excluding carboxylic acids is 3. The van der Waals surface area contributed by atoms with E-state index in [9.17, 15) is 14.4 Å². The van der Waals surface area contributed by atoms with Crippen LogP contribution in [-0.2, 0) is 14.4 Å². The van der Waals surface area contributed by atoms with Gasteiger partial charge in [-0.2, -0.15) is 0 Å². The Kier molecular flexibility index (Phi) is 7.45. The van der Waals surface area contributed by atoms with Gasteiger partial charge in [0.1, 0.15) is 13.2 Å². The van der Waals surface area contributed by atoms with E-state index < -0.39 is 0 Å². The number of rotatable bonds is 8. The van der Waals surface area contributed by atoms with E-state index in [4.69, 9.17) is 0 Å². The standard InChI is InChI=1S/C25H31N3O3/c1-4-14-26(25(31)22(5-2)20-11-7-6-8-12-20)16-23(29)27-17-24(30)28(18-27)21-13-9-10-19(3)15-21/h6-13,15,22H,4-5,14,16-18H2,1-3H3/t22-/m0/s1. The summed E-state index contributed by atoms with van der Waals surface area (Å²) in [6.07, 6.45) is 1.43. The lowest BCUT2D eigenvalue weighted by Gasteiger charge is -2.28. The van der Waals surface area contributed by atoms with Crippen molar-refractivity contribution in [2.75, 3.05) is 31.2 Å². The summed E-state index contributed by atoms with van der Waals surface area (Å²) in [5.41, 5.74) is 2.81. The number of carbonyl (C=O) groups is 3. The first kappa shape index (κ1) is 22.5. The largest absolute Gasteiger partial charge is 0.333 e.